The Kier molecular flexibility index (Phi) is 6.24. The van der Waals surface area contributed by atoms with Crippen LogP contribution in [0.2, 0.25) is 0 Å². The molecule has 1 aromatic heterocycles. The molecule has 140 valence electrons. The Labute approximate surface area is 157 Å². The highest BCUT2D eigenvalue weighted by Gasteiger charge is 2.02. The third-order valence-corrected chi connectivity index (χ3v) is 3.64. The quantitative estimate of drug-likeness (QED) is 0.558. The summed E-state index contributed by atoms with van der Waals surface area (Å²) >= 11 is 0. The predicted octanol–water partition coefficient (Wildman–Crippen LogP) is 3.12. The smallest absolute Gasteiger partial charge is 0.249 e. The molecule has 0 bridgehead atoms. The molecule has 0 spiro atoms. The van der Waals surface area contributed by atoms with Gasteiger partial charge in [-0.15, -0.1) is 5.10 Å². The van der Waals surface area contributed by atoms with Crippen molar-refractivity contribution >= 4 is 17.5 Å². The number of benzene rings is 2. The summed E-state index contributed by atoms with van der Waals surface area (Å²) in [7, 11) is 3.26. The number of methoxy groups -OCH3 is 2. The molecule has 2 aromatic carbocycles. The average molecular weight is 367 g/mol. The van der Waals surface area contributed by atoms with E-state index >= 15 is 0 Å². The van der Waals surface area contributed by atoms with Crippen LogP contribution in [0.15, 0.2) is 54.7 Å². The van der Waals surface area contributed by atoms with Gasteiger partial charge in [-0.3, -0.25) is 0 Å². The molecule has 0 atom stereocenters. The lowest BCUT2D eigenvalue weighted by Gasteiger charge is -2.09. The number of nitrogens with zero attached hydrogens (tertiary/aromatic N) is 3. The predicted molar refractivity (Wildman–Crippen MR) is 103 cm³/mol. The number of hydrogen-bond donors (Lipinski definition) is 2. The maximum Gasteiger partial charge on any atom is 0.249 e. The second-order valence-corrected chi connectivity index (χ2v) is 5.47. The van der Waals surface area contributed by atoms with Crippen LogP contribution < -0.4 is 24.8 Å². The van der Waals surface area contributed by atoms with Gasteiger partial charge >= 0.3 is 0 Å². The van der Waals surface area contributed by atoms with E-state index in [9.17, 15) is 0 Å². The van der Waals surface area contributed by atoms with Gasteiger partial charge in [0.25, 0.3) is 0 Å². The summed E-state index contributed by atoms with van der Waals surface area (Å²) in [6.45, 7) is 1.06. The molecule has 0 radical (unpaired) electrons. The maximum atomic E-state index is 5.67. The van der Waals surface area contributed by atoms with Crippen molar-refractivity contribution in [2.24, 2.45) is 0 Å². The monoisotopic (exact) mass is 367 g/mol. The van der Waals surface area contributed by atoms with Gasteiger partial charge in [-0.25, -0.2) is 0 Å². The number of anilines is 3. The molecule has 0 aliphatic heterocycles. The molecule has 1 heterocycles. The van der Waals surface area contributed by atoms with Gasteiger partial charge in [0.15, 0.2) is 5.82 Å². The van der Waals surface area contributed by atoms with E-state index < -0.39 is 0 Å². The van der Waals surface area contributed by atoms with Crippen LogP contribution in [0.1, 0.15) is 0 Å². The van der Waals surface area contributed by atoms with Crippen LogP contribution in [0.4, 0.5) is 17.5 Å². The summed E-state index contributed by atoms with van der Waals surface area (Å²) in [6, 6.07) is 14.9. The van der Waals surface area contributed by atoms with E-state index in [0.29, 0.717) is 24.9 Å². The molecular weight excluding hydrogens is 346 g/mol. The largest absolute Gasteiger partial charge is 0.497 e. The van der Waals surface area contributed by atoms with Gasteiger partial charge in [0.1, 0.15) is 23.9 Å². The summed E-state index contributed by atoms with van der Waals surface area (Å²) in [5.41, 5.74) is 0.845. The first kappa shape index (κ1) is 18.2. The van der Waals surface area contributed by atoms with Gasteiger partial charge in [-0.1, -0.05) is 0 Å². The molecule has 0 aliphatic rings. The number of rotatable bonds is 9. The zero-order valence-electron chi connectivity index (χ0n) is 15.2. The molecule has 0 fully saturated rings. The van der Waals surface area contributed by atoms with Crippen LogP contribution in [0.5, 0.6) is 17.2 Å². The van der Waals surface area contributed by atoms with Crippen molar-refractivity contribution in [3.05, 3.63) is 54.7 Å². The zero-order chi connectivity index (χ0) is 18.9. The summed E-state index contributed by atoms with van der Waals surface area (Å²) in [5.74, 6) is 3.37. The fraction of sp³-hybridized carbons (Fsp3) is 0.211. The van der Waals surface area contributed by atoms with E-state index in [4.69, 9.17) is 14.2 Å². The molecule has 0 saturated heterocycles. The summed E-state index contributed by atoms with van der Waals surface area (Å²) in [4.78, 5) is 4.38. The van der Waals surface area contributed by atoms with Crippen molar-refractivity contribution in [2.75, 3.05) is 38.0 Å². The fourth-order valence-corrected chi connectivity index (χ4v) is 2.27. The van der Waals surface area contributed by atoms with E-state index in [0.717, 1.165) is 22.9 Å². The SMILES string of the molecule is COc1ccc(Nc2nncc(NCCOc3ccc(OC)cc3)n2)cc1. The van der Waals surface area contributed by atoms with Gasteiger partial charge in [0, 0.05) is 5.69 Å². The van der Waals surface area contributed by atoms with Gasteiger partial charge in [-0.05, 0) is 48.5 Å². The Morgan fingerprint density at radius 1 is 0.852 bits per heavy atom. The molecule has 0 amide bonds. The molecule has 0 aliphatic carbocycles. The van der Waals surface area contributed by atoms with Crippen LogP contribution in [-0.2, 0) is 0 Å². The van der Waals surface area contributed by atoms with Crippen LogP contribution >= 0.6 is 0 Å². The second-order valence-electron chi connectivity index (χ2n) is 5.47. The Bertz CT molecular complexity index is 841. The van der Waals surface area contributed by atoms with E-state index in [1.165, 1.54) is 0 Å². The van der Waals surface area contributed by atoms with Crippen molar-refractivity contribution in [1.82, 2.24) is 15.2 Å². The highest BCUT2D eigenvalue weighted by Crippen LogP contribution is 2.18. The first-order valence-corrected chi connectivity index (χ1v) is 8.38. The van der Waals surface area contributed by atoms with Crippen molar-refractivity contribution in [2.45, 2.75) is 0 Å². The minimum absolute atomic E-state index is 0.404. The minimum atomic E-state index is 0.404. The van der Waals surface area contributed by atoms with Crippen LogP contribution in [0, 0.1) is 0 Å². The fourth-order valence-electron chi connectivity index (χ4n) is 2.27. The Hall–Kier alpha value is -3.55. The van der Waals surface area contributed by atoms with Crippen LogP contribution in [0.3, 0.4) is 0 Å². The normalized spacial score (nSPS) is 10.1. The van der Waals surface area contributed by atoms with E-state index in [1.54, 1.807) is 20.4 Å². The van der Waals surface area contributed by atoms with Crippen LogP contribution in [-0.4, -0.2) is 42.6 Å². The number of hydrogen-bond acceptors (Lipinski definition) is 8. The topological polar surface area (TPSA) is 90.4 Å². The third-order valence-electron chi connectivity index (χ3n) is 3.64. The Morgan fingerprint density at radius 2 is 1.48 bits per heavy atom. The van der Waals surface area contributed by atoms with E-state index in [1.807, 2.05) is 48.5 Å². The van der Waals surface area contributed by atoms with Crippen LogP contribution in [0.25, 0.3) is 0 Å². The zero-order valence-corrected chi connectivity index (χ0v) is 15.2. The van der Waals surface area contributed by atoms with Crippen molar-refractivity contribution in [3.8, 4) is 17.2 Å². The first-order chi connectivity index (χ1) is 13.3. The molecule has 27 heavy (non-hydrogen) atoms. The van der Waals surface area contributed by atoms with E-state index in [2.05, 4.69) is 25.8 Å². The van der Waals surface area contributed by atoms with Crippen molar-refractivity contribution in [3.63, 3.8) is 0 Å². The van der Waals surface area contributed by atoms with Gasteiger partial charge in [0.05, 0.1) is 27.0 Å². The molecule has 3 aromatic rings. The lowest BCUT2D eigenvalue weighted by molar-refractivity contribution is 0.331. The lowest BCUT2D eigenvalue weighted by Crippen LogP contribution is -2.13. The number of ether oxygens (including phenoxy) is 3. The molecule has 0 saturated carbocycles. The van der Waals surface area contributed by atoms with Gasteiger partial charge < -0.3 is 24.8 Å². The molecule has 2 N–H and O–H groups in total. The highest BCUT2D eigenvalue weighted by molar-refractivity contribution is 5.55. The standard InChI is InChI=1S/C19H21N5O3/c1-25-15-5-3-14(4-6-15)22-19-23-18(13-21-24-19)20-11-12-27-17-9-7-16(26-2)8-10-17/h3-10,13H,11-12H2,1-2H3,(H2,20,22,23,24). The summed E-state index contributed by atoms with van der Waals surface area (Å²) in [6.07, 6.45) is 1.56. The van der Waals surface area contributed by atoms with Crippen molar-refractivity contribution in [1.29, 1.82) is 0 Å². The Balaban J connectivity index is 1.48. The molecule has 8 heteroatoms. The van der Waals surface area contributed by atoms with Crippen molar-refractivity contribution < 1.29 is 14.2 Å². The highest BCUT2D eigenvalue weighted by atomic mass is 16.5. The lowest BCUT2D eigenvalue weighted by atomic mass is 10.3. The average Bonchev–Trinajstić information content (AvgIpc) is 2.72. The molecule has 8 nitrogen and oxygen atoms in total. The number of aromatic nitrogens is 3. The maximum absolute atomic E-state index is 5.67. The molecular formula is C19H21N5O3. The Morgan fingerprint density at radius 3 is 2.15 bits per heavy atom. The molecule has 3 rings (SSSR count). The summed E-state index contributed by atoms with van der Waals surface area (Å²) < 4.78 is 15.9. The van der Waals surface area contributed by atoms with Gasteiger partial charge in [-0.2, -0.15) is 10.1 Å². The minimum Gasteiger partial charge on any atom is -0.497 e. The summed E-state index contributed by atoms with van der Waals surface area (Å²) in [5, 5.41) is 14.2. The van der Waals surface area contributed by atoms with Gasteiger partial charge in [0.2, 0.25) is 5.95 Å². The number of nitrogens with one attached hydrogen (secondary N) is 2. The third kappa shape index (κ3) is 5.46. The second kappa shape index (κ2) is 9.23. The first-order valence-electron chi connectivity index (χ1n) is 8.38. The van der Waals surface area contributed by atoms with E-state index in [-0.39, 0.29) is 0 Å². The molecule has 0 unspecified atom stereocenters.